The van der Waals surface area contributed by atoms with Crippen LogP contribution in [-0.4, -0.2) is 56.1 Å². The molecule has 0 aromatic heterocycles. The largest absolute Gasteiger partial charge is 0.347 e. The standard InChI is InChI=1S/C13H22N2O2/c1-14-11-10-13(16-8-9-17-13)5-4-12(11)15-6-2-3-7-15/h2-3,11-12,14H,4-10H2,1H3. The molecule has 1 saturated carbocycles. The Labute approximate surface area is 103 Å². The molecular weight excluding hydrogens is 216 g/mol. The second kappa shape index (κ2) is 4.69. The lowest BCUT2D eigenvalue weighted by atomic mass is 9.85. The monoisotopic (exact) mass is 238 g/mol. The molecule has 3 rings (SSSR count). The molecular formula is C13H22N2O2. The van der Waals surface area contributed by atoms with Crippen LogP contribution in [0.3, 0.4) is 0 Å². The summed E-state index contributed by atoms with van der Waals surface area (Å²) in [6.45, 7) is 3.70. The number of ether oxygens (including phenoxy) is 2. The van der Waals surface area contributed by atoms with Gasteiger partial charge in [0, 0.05) is 38.0 Å². The van der Waals surface area contributed by atoms with Crippen molar-refractivity contribution in [1.82, 2.24) is 10.2 Å². The first-order chi connectivity index (χ1) is 8.33. The SMILES string of the molecule is CNC1CC2(CCC1N1CC=CC1)OCCO2. The van der Waals surface area contributed by atoms with Gasteiger partial charge in [0.15, 0.2) is 5.79 Å². The van der Waals surface area contributed by atoms with Crippen LogP contribution in [0.1, 0.15) is 19.3 Å². The fourth-order valence-corrected chi connectivity index (χ4v) is 3.40. The van der Waals surface area contributed by atoms with Gasteiger partial charge in [-0.25, -0.2) is 0 Å². The first kappa shape index (κ1) is 11.7. The van der Waals surface area contributed by atoms with Crippen LogP contribution >= 0.6 is 0 Å². The van der Waals surface area contributed by atoms with Crippen LogP contribution in [0.4, 0.5) is 0 Å². The first-order valence-corrected chi connectivity index (χ1v) is 6.67. The Kier molecular flexibility index (Phi) is 3.21. The summed E-state index contributed by atoms with van der Waals surface area (Å²) in [5.74, 6) is -0.280. The van der Waals surface area contributed by atoms with Gasteiger partial charge in [0.1, 0.15) is 0 Å². The second-order valence-electron chi connectivity index (χ2n) is 5.24. The van der Waals surface area contributed by atoms with Crippen molar-refractivity contribution in [2.45, 2.75) is 37.1 Å². The van der Waals surface area contributed by atoms with Crippen LogP contribution in [0.2, 0.25) is 0 Å². The zero-order chi connectivity index (χ0) is 11.7. The molecule has 0 bridgehead atoms. The van der Waals surface area contributed by atoms with Gasteiger partial charge in [-0.15, -0.1) is 0 Å². The summed E-state index contributed by atoms with van der Waals surface area (Å²) in [7, 11) is 2.05. The molecule has 1 saturated heterocycles. The summed E-state index contributed by atoms with van der Waals surface area (Å²) in [6, 6.07) is 1.09. The predicted molar refractivity (Wildman–Crippen MR) is 65.8 cm³/mol. The van der Waals surface area contributed by atoms with Gasteiger partial charge in [-0.2, -0.15) is 0 Å². The molecule has 2 atom stereocenters. The van der Waals surface area contributed by atoms with E-state index in [9.17, 15) is 0 Å². The van der Waals surface area contributed by atoms with E-state index in [1.165, 1.54) is 0 Å². The number of nitrogens with zero attached hydrogens (tertiary/aromatic N) is 1. The fourth-order valence-electron chi connectivity index (χ4n) is 3.40. The average Bonchev–Trinajstić information content (AvgIpc) is 3.01. The van der Waals surface area contributed by atoms with E-state index in [0.717, 1.165) is 45.6 Å². The van der Waals surface area contributed by atoms with Crippen molar-refractivity contribution >= 4 is 0 Å². The van der Waals surface area contributed by atoms with Gasteiger partial charge < -0.3 is 14.8 Å². The normalized spacial score (nSPS) is 37.0. The Balaban J connectivity index is 1.67. The van der Waals surface area contributed by atoms with Gasteiger partial charge in [0.25, 0.3) is 0 Å². The molecule has 1 spiro atoms. The maximum atomic E-state index is 5.83. The first-order valence-electron chi connectivity index (χ1n) is 6.67. The summed E-state index contributed by atoms with van der Waals surface area (Å²) >= 11 is 0. The van der Waals surface area contributed by atoms with Crippen molar-refractivity contribution in [1.29, 1.82) is 0 Å². The minimum Gasteiger partial charge on any atom is -0.347 e. The van der Waals surface area contributed by atoms with Gasteiger partial charge in [0.05, 0.1) is 13.2 Å². The molecule has 2 aliphatic heterocycles. The lowest BCUT2D eigenvalue weighted by molar-refractivity contribution is -0.189. The average molecular weight is 238 g/mol. The number of hydrogen-bond donors (Lipinski definition) is 1. The van der Waals surface area contributed by atoms with E-state index in [0.29, 0.717) is 12.1 Å². The van der Waals surface area contributed by atoms with Crippen molar-refractivity contribution < 1.29 is 9.47 Å². The highest BCUT2D eigenvalue weighted by atomic mass is 16.7. The smallest absolute Gasteiger partial charge is 0.170 e. The third-order valence-electron chi connectivity index (χ3n) is 4.32. The van der Waals surface area contributed by atoms with Crippen LogP contribution in [0.15, 0.2) is 12.2 Å². The zero-order valence-electron chi connectivity index (χ0n) is 10.5. The highest BCUT2D eigenvalue weighted by Crippen LogP contribution is 2.37. The molecule has 96 valence electrons. The van der Waals surface area contributed by atoms with Gasteiger partial charge in [-0.3, -0.25) is 4.90 Å². The third kappa shape index (κ3) is 2.15. The molecule has 0 aromatic carbocycles. The fraction of sp³-hybridized carbons (Fsp3) is 0.846. The highest BCUT2D eigenvalue weighted by molar-refractivity contribution is 5.03. The Morgan fingerprint density at radius 1 is 1.24 bits per heavy atom. The molecule has 2 fully saturated rings. The number of likely N-dealkylation sites (N-methyl/N-ethyl adjacent to an activating group) is 1. The molecule has 4 heteroatoms. The van der Waals surface area contributed by atoms with E-state index in [2.05, 4.69) is 29.4 Å². The molecule has 17 heavy (non-hydrogen) atoms. The summed E-state index contributed by atoms with van der Waals surface area (Å²) < 4.78 is 11.7. The maximum Gasteiger partial charge on any atom is 0.170 e. The van der Waals surface area contributed by atoms with Gasteiger partial charge in [0.2, 0.25) is 0 Å². The molecule has 0 aromatic rings. The van der Waals surface area contributed by atoms with Gasteiger partial charge >= 0.3 is 0 Å². The van der Waals surface area contributed by atoms with E-state index >= 15 is 0 Å². The topological polar surface area (TPSA) is 33.7 Å². The van der Waals surface area contributed by atoms with Gasteiger partial charge in [-0.1, -0.05) is 12.2 Å². The lowest BCUT2D eigenvalue weighted by Gasteiger charge is -2.44. The molecule has 1 N–H and O–H groups in total. The Morgan fingerprint density at radius 2 is 1.94 bits per heavy atom. The summed E-state index contributed by atoms with van der Waals surface area (Å²) in [5.41, 5.74) is 0. The highest BCUT2D eigenvalue weighted by Gasteiger charge is 2.46. The molecule has 0 radical (unpaired) electrons. The number of rotatable bonds is 2. The quantitative estimate of drug-likeness (QED) is 0.720. The molecule has 1 aliphatic carbocycles. The van der Waals surface area contributed by atoms with Crippen molar-refractivity contribution in [3.8, 4) is 0 Å². The van der Waals surface area contributed by atoms with Crippen LogP contribution in [0, 0.1) is 0 Å². The van der Waals surface area contributed by atoms with E-state index < -0.39 is 0 Å². The van der Waals surface area contributed by atoms with E-state index in [1.54, 1.807) is 0 Å². The van der Waals surface area contributed by atoms with Crippen LogP contribution in [0.5, 0.6) is 0 Å². The Bertz CT molecular complexity index is 292. The van der Waals surface area contributed by atoms with Crippen molar-refractivity contribution in [2.24, 2.45) is 0 Å². The number of hydrogen-bond acceptors (Lipinski definition) is 4. The van der Waals surface area contributed by atoms with Gasteiger partial charge in [-0.05, 0) is 13.5 Å². The second-order valence-corrected chi connectivity index (χ2v) is 5.24. The molecule has 2 unspecified atom stereocenters. The molecule has 4 nitrogen and oxygen atoms in total. The minimum atomic E-state index is -0.280. The summed E-state index contributed by atoms with van der Waals surface area (Å²) in [6.07, 6.45) is 7.70. The van der Waals surface area contributed by atoms with Crippen LogP contribution in [-0.2, 0) is 9.47 Å². The lowest BCUT2D eigenvalue weighted by Crippen LogP contribution is -2.56. The predicted octanol–water partition coefficient (Wildman–Crippen LogP) is 0.742. The zero-order valence-corrected chi connectivity index (χ0v) is 10.5. The molecule has 3 aliphatic rings. The summed E-state index contributed by atoms with van der Waals surface area (Å²) in [5, 5.41) is 3.45. The summed E-state index contributed by atoms with van der Waals surface area (Å²) in [4.78, 5) is 2.54. The van der Waals surface area contributed by atoms with E-state index in [1.807, 2.05) is 0 Å². The number of nitrogens with one attached hydrogen (secondary N) is 1. The van der Waals surface area contributed by atoms with Crippen LogP contribution in [0.25, 0.3) is 0 Å². The maximum absolute atomic E-state index is 5.83. The van der Waals surface area contributed by atoms with Crippen LogP contribution < -0.4 is 5.32 Å². The Hall–Kier alpha value is -0.420. The van der Waals surface area contributed by atoms with E-state index in [-0.39, 0.29) is 5.79 Å². The third-order valence-corrected chi connectivity index (χ3v) is 4.32. The van der Waals surface area contributed by atoms with Crippen molar-refractivity contribution in [3.05, 3.63) is 12.2 Å². The minimum absolute atomic E-state index is 0.280. The Morgan fingerprint density at radius 3 is 2.59 bits per heavy atom. The van der Waals surface area contributed by atoms with E-state index in [4.69, 9.17) is 9.47 Å². The molecule has 0 amide bonds. The van der Waals surface area contributed by atoms with Crippen molar-refractivity contribution in [3.63, 3.8) is 0 Å². The van der Waals surface area contributed by atoms with Crippen molar-refractivity contribution in [2.75, 3.05) is 33.4 Å². The molecule has 2 heterocycles.